The van der Waals surface area contributed by atoms with E-state index in [1.807, 2.05) is 0 Å². The van der Waals surface area contributed by atoms with Crippen molar-refractivity contribution >= 4 is 19.8 Å². The van der Waals surface area contributed by atoms with Crippen LogP contribution in [-0.4, -0.2) is 49.3 Å². The fourth-order valence-corrected chi connectivity index (χ4v) is 8.88. The molecule has 0 saturated heterocycles. The van der Waals surface area contributed by atoms with Gasteiger partial charge in [-0.2, -0.15) is 0 Å². The maximum Gasteiger partial charge on any atom is 0.472 e. The normalized spacial score (nSPS) is 13.3. The minimum atomic E-state index is -4.38. The molecule has 2 unspecified atom stereocenters. The molecule has 0 aromatic heterocycles. The molecule has 2 atom stereocenters. The van der Waals surface area contributed by atoms with Gasteiger partial charge in [0.25, 0.3) is 0 Å². The van der Waals surface area contributed by atoms with Gasteiger partial charge in [-0.1, -0.05) is 249 Å². The number of carbonyl (C=O) groups is 2. The van der Waals surface area contributed by atoms with Gasteiger partial charge in [-0.15, -0.1) is 0 Å². The van der Waals surface area contributed by atoms with Crippen LogP contribution in [0.5, 0.6) is 0 Å². The third kappa shape index (κ3) is 51.6. The van der Waals surface area contributed by atoms with E-state index in [1.165, 1.54) is 193 Å². The number of phosphoric ester groups is 1. The Kier molecular flexibility index (Phi) is 51.2. The van der Waals surface area contributed by atoms with Crippen LogP contribution < -0.4 is 5.73 Å². The fraction of sp³-hybridized carbons (Fsp3) is 0.857. The molecule has 0 fully saturated rings. The number of hydrogen-bond donors (Lipinski definition) is 2. The third-order valence-electron chi connectivity index (χ3n) is 12.3. The summed E-state index contributed by atoms with van der Waals surface area (Å²) in [7, 11) is -4.38. The van der Waals surface area contributed by atoms with Gasteiger partial charge >= 0.3 is 19.8 Å². The number of rotatable bonds is 53. The molecule has 10 heteroatoms. The number of ether oxygens (including phenoxy) is 2. The topological polar surface area (TPSA) is 134 Å². The zero-order chi connectivity index (χ0) is 48.1. The molecular weight excluding hydrogens is 846 g/mol. The van der Waals surface area contributed by atoms with Crippen LogP contribution in [0.15, 0.2) is 36.5 Å². The van der Waals surface area contributed by atoms with E-state index in [2.05, 4.69) is 50.3 Å². The van der Waals surface area contributed by atoms with Crippen LogP contribution in [0.2, 0.25) is 0 Å². The molecule has 0 aromatic carbocycles. The molecule has 0 spiro atoms. The van der Waals surface area contributed by atoms with E-state index < -0.39 is 26.5 Å². The van der Waals surface area contributed by atoms with Gasteiger partial charge in [-0.3, -0.25) is 18.6 Å². The number of allylic oxidation sites excluding steroid dienone is 6. The number of phosphoric acid groups is 1. The molecule has 0 aliphatic heterocycles. The molecule has 0 aliphatic carbocycles. The Morgan fingerprint density at radius 3 is 1.17 bits per heavy atom. The Morgan fingerprint density at radius 1 is 0.455 bits per heavy atom. The molecule has 9 nitrogen and oxygen atoms in total. The minimum absolute atomic E-state index is 0.0545. The van der Waals surface area contributed by atoms with Gasteiger partial charge in [-0.05, 0) is 51.4 Å². The van der Waals surface area contributed by atoms with E-state index in [0.29, 0.717) is 6.42 Å². The van der Waals surface area contributed by atoms with Crippen LogP contribution in [-0.2, 0) is 32.7 Å². The van der Waals surface area contributed by atoms with Crippen molar-refractivity contribution in [2.24, 2.45) is 5.73 Å². The van der Waals surface area contributed by atoms with Gasteiger partial charge in [0.1, 0.15) is 6.61 Å². The van der Waals surface area contributed by atoms with Crippen LogP contribution in [0.3, 0.4) is 0 Å². The maximum absolute atomic E-state index is 12.7. The summed E-state index contributed by atoms with van der Waals surface area (Å²) in [4.78, 5) is 35.1. The summed E-state index contributed by atoms with van der Waals surface area (Å²) in [5, 5.41) is 0. The monoisotopic (exact) mass is 952 g/mol. The van der Waals surface area contributed by atoms with Crippen molar-refractivity contribution in [2.75, 3.05) is 26.4 Å². The second-order valence-corrected chi connectivity index (χ2v) is 20.3. The zero-order valence-electron chi connectivity index (χ0n) is 43.2. The highest BCUT2D eigenvalue weighted by atomic mass is 31.2. The predicted octanol–water partition coefficient (Wildman–Crippen LogP) is 17.2. The molecule has 66 heavy (non-hydrogen) atoms. The van der Waals surface area contributed by atoms with Crippen LogP contribution in [0.25, 0.3) is 0 Å². The quantitative estimate of drug-likeness (QED) is 0.0264. The lowest BCUT2D eigenvalue weighted by molar-refractivity contribution is -0.161. The third-order valence-corrected chi connectivity index (χ3v) is 13.3. The fourth-order valence-electron chi connectivity index (χ4n) is 8.12. The molecular formula is C56H106NO8P. The van der Waals surface area contributed by atoms with E-state index in [0.717, 1.165) is 51.4 Å². The van der Waals surface area contributed by atoms with E-state index >= 15 is 0 Å². The van der Waals surface area contributed by atoms with Crippen LogP contribution >= 0.6 is 7.82 Å². The second kappa shape index (κ2) is 52.6. The van der Waals surface area contributed by atoms with Crippen molar-refractivity contribution in [1.29, 1.82) is 0 Å². The Labute approximate surface area is 407 Å². The summed E-state index contributed by atoms with van der Waals surface area (Å²) in [5.74, 6) is -0.816. The van der Waals surface area contributed by atoms with Gasteiger partial charge in [0.15, 0.2) is 6.10 Å². The summed E-state index contributed by atoms with van der Waals surface area (Å²) in [5.41, 5.74) is 5.38. The van der Waals surface area contributed by atoms with E-state index in [4.69, 9.17) is 24.3 Å². The molecule has 0 amide bonds. The van der Waals surface area contributed by atoms with Gasteiger partial charge in [0.05, 0.1) is 13.2 Å². The summed E-state index contributed by atoms with van der Waals surface area (Å²) >= 11 is 0. The van der Waals surface area contributed by atoms with Crippen molar-refractivity contribution < 1.29 is 37.6 Å². The van der Waals surface area contributed by atoms with Gasteiger partial charge in [-0.25, -0.2) is 4.57 Å². The molecule has 0 radical (unpaired) electrons. The van der Waals surface area contributed by atoms with Crippen molar-refractivity contribution in [3.63, 3.8) is 0 Å². The van der Waals surface area contributed by atoms with Gasteiger partial charge in [0.2, 0.25) is 0 Å². The average molecular weight is 952 g/mol. The Balaban J connectivity index is 3.97. The predicted molar refractivity (Wildman–Crippen MR) is 280 cm³/mol. The molecule has 0 heterocycles. The van der Waals surface area contributed by atoms with Crippen LogP contribution in [0.4, 0.5) is 0 Å². The summed E-state index contributed by atoms with van der Waals surface area (Å²) < 4.78 is 33.0. The van der Waals surface area contributed by atoms with Crippen molar-refractivity contribution in [1.82, 2.24) is 0 Å². The Hall–Kier alpha value is -1.77. The van der Waals surface area contributed by atoms with E-state index in [9.17, 15) is 19.0 Å². The minimum Gasteiger partial charge on any atom is -0.462 e. The van der Waals surface area contributed by atoms with Gasteiger partial charge < -0.3 is 20.1 Å². The lowest BCUT2D eigenvalue weighted by Gasteiger charge is -2.19. The highest BCUT2D eigenvalue weighted by molar-refractivity contribution is 7.47. The highest BCUT2D eigenvalue weighted by Gasteiger charge is 2.26. The first kappa shape index (κ1) is 64.2. The molecule has 0 aromatic rings. The molecule has 3 N–H and O–H groups in total. The lowest BCUT2D eigenvalue weighted by Crippen LogP contribution is -2.29. The Bertz CT molecular complexity index is 1180. The second-order valence-electron chi connectivity index (χ2n) is 18.8. The zero-order valence-corrected chi connectivity index (χ0v) is 44.1. The molecule has 0 aliphatic rings. The smallest absolute Gasteiger partial charge is 0.462 e. The highest BCUT2D eigenvalue weighted by Crippen LogP contribution is 2.43. The van der Waals surface area contributed by atoms with Crippen molar-refractivity contribution in [2.45, 2.75) is 283 Å². The van der Waals surface area contributed by atoms with Crippen molar-refractivity contribution in [3.8, 4) is 0 Å². The van der Waals surface area contributed by atoms with Crippen LogP contribution in [0.1, 0.15) is 277 Å². The van der Waals surface area contributed by atoms with Gasteiger partial charge in [0, 0.05) is 19.4 Å². The molecule has 388 valence electrons. The van der Waals surface area contributed by atoms with Crippen molar-refractivity contribution in [3.05, 3.63) is 36.5 Å². The lowest BCUT2D eigenvalue weighted by atomic mass is 10.0. The van der Waals surface area contributed by atoms with Crippen LogP contribution in [0, 0.1) is 0 Å². The number of hydrogen-bond acceptors (Lipinski definition) is 8. The number of unbranched alkanes of at least 4 members (excludes halogenated alkanes) is 34. The Morgan fingerprint density at radius 2 is 0.788 bits per heavy atom. The number of nitrogens with two attached hydrogens (primary N) is 1. The largest absolute Gasteiger partial charge is 0.472 e. The summed E-state index contributed by atoms with van der Waals surface area (Å²) in [6.07, 6.45) is 61.9. The number of esters is 2. The van der Waals surface area contributed by atoms with E-state index in [1.54, 1.807) is 0 Å². The summed E-state index contributed by atoms with van der Waals surface area (Å²) in [6, 6.07) is 0. The SMILES string of the molecule is CCCCCCC/C=C\C/C=C\C/C=C\CCCCCCCCCCCCCCC(=O)OC(COC(=O)CCCCCCCCCCCCCCCCCCCC)COP(=O)(O)OCCN. The van der Waals surface area contributed by atoms with E-state index in [-0.39, 0.29) is 38.6 Å². The first-order chi connectivity index (χ1) is 32.3. The average Bonchev–Trinajstić information content (AvgIpc) is 3.31. The number of carbonyl (C=O) groups excluding carboxylic acids is 2. The maximum atomic E-state index is 12.7. The molecule has 0 saturated carbocycles. The summed E-state index contributed by atoms with van der Waals surface area (Å²) in [6.45, 7) is 3.77. The molecule has 0 rings (SSSR count). The first-order valence-corrected chi connectivity index (χ1v) is 29.5. The first-order valence-electron chi connectivity index (χ1n) is 28.0. The molecule has 0 bridgehead atoms. The standard InChI is InChI=1S/C56H106NO8P/c1-3-5-7-9-11-13-15-17-19-21-23-24-25-26-27-28-29-30-31-33-35-37-39-41-43-45-47-49-56(59)65-54(53-64-66(60,61)63-51-50-57)52-62-55(58)48-46-44-42-40-38-36-34-32-22-20-18-16-14-12-10-8-6-4-2/h15,17,21,23,25-26,54H,3-14,16,18-20,22,24,27-53,57H2,1-2H3,(H,60,61)/b17-15-,23-21-,26-25-.